The molecule has 1 rings (SSSR count). The second-order valence-electron chi connectivity index (χ2n) is 2.99. The van der Waals surface area contributed by atoms with Crippen LogP contribution in [0.4, 0.5) is 0 Å². The van der Waals surface area contributed by atoms with Crippen molar-refractivity contribution in [3.8, 4) is 0 Å². The second kappa shape index (κ2) is 6.97. The minimum atomic E-state index is 0.154. The summed E-state index contributed by atoms with van der Waals surface area (Å²) in [6.07, 6.45) is 4.57. The van der Waals surface area contributed by atoms with Crippen molar-refractivity contribution in [1.82, 2.24) is 5.32 Å². The molecule has 0 aromatic rings. The summed E-state index contributed by atoms with van der Waals surface area (Å²) in [6, 6.07) is 0. The van der Waals surface area contributed by atoms with Gasteiger partial charge in [0.15, 0.2) is 0 Å². The zero-order valence-electron chi connectivity index (χ0n) is 8.39. The van der Waals surface area contributed by atoms with Gasteiger partial charge in [0.2, 0.25) is 6.41 Å². The summed E-state index contributed by atoms with van der Waals surface area (Å²) < 4.78 is 10.5. The zero-order chi connectivity index (χ0) is 10.9. The molecule has 0 aromatic heterocycles. The highest BCUT2D eigenvalue weighted by molar-refractivity contribution is 5.95. The molecule has 0 bridgehead atoms. The van der Waals surface area contributed by atoms with E-state index in [4.69, 9.17) is 15.2 Å². The maximum Gasteiger partial charge on any atom is 0.234 e. The second-order valence-corrected chi connectivity index (χ2v) is 2.99. The number of aliphatic imine (C=N–C) groups is 1. The number of nitrogens with one attached hydrogen (secondary N) is 1. The minimum Gasteiger partial charge on any atom is -0.384 e. The number of ether oxygens (including phenoxy) is 2. The average molecular weight is 213 g/mol. The molecule has 0 aliphatic carbocycles. The SMILES string of the molecule is NC(/C=C\NCOC1CCOC1)=NC=O. The topological polar surface area (TPSA) is 85.9 Å². The van der Waals surface area contributed by atoms with Crippen LogP contribution >= 0.6 is 0 Å². The van der Waals surface area contributed by atoms with Gasteiger partial charge >= 0.3 is 0 Å². The molecule has 1 heterocycles. The first-order valence-electron chi connectivity index (χ1n) is 4.69. The van der Waals surface area contributed by atoms with Crippen molar-refractivity contribution in [2.75, 3.05) is 19.9 Å². The molecule has 1 fully saturated rings. The fourth-order valence-electron chi connectivity index (χ4n) is 1.11. The van der Waals surface area contributed by atoms with Crippen LogP contribution < -0.4 is 11.1 Å². The highest BCUT2D eigenvalue weighted by Gasteiger charge is 2.14. The van der Waals surface area contributed by atoms with Gasteiger partial charge in [-0.1, -0.05) is 0 Å². The maximum atomic E-state index is 9.92. The van der Waals surface area contributed by atoms with E-state index in [1.807, 2.05) is 0 Å². The monoisotopic (exact) mass is 213 g/mol. The van der Waals surface area contributed by atoms with Crippen LogP contribution in [-0.2, 0) is 14.3 Å². The number of hydrogen-bond acceptors (Lipinski definition) is 4. The molecule has 1 aliphatic rings. The van der Waals surface area contributed by atoms with Gasteiger partial charge in [0.05, 0.1) is 12.7 Å². The Labute approximate surface area is 88.1 Å². The van der Waals surface area contributed by atoms with Crippen molar-refractivity contribution in [3.63, 3.8) is 0 Å². The Bertz CT molecular complexity index is 247. The molecule has 1 saturated heterocycles. The molecule has 1 atom stereocenters. The quantitative estimate of drug-likeness (QED) is 0.202. The van der Waals surface area contributed by atoms with E-state index in [0.717, 1.165) is 13.0 Å². The number of amidine groups is 1. The molecule has 0 aromatic carbocycles. The normalized spacial score (nSPS) is 22.1. The van der Waals surface area contributed by atoms with Crippen molar-refractivity contribution < 1.29 is 14.3 Å². The van der Waals surface area contributed by atoms with Crippen LogP contribution in [0.25, 0.3) is 0 Å². The first-order chi connectivity index (χ1) is 7.33. The standard InChI is InChI=1S/C9H15N3O3/c10-9(12-6-13)1-3-11-7-15-8-2-4-14-5-8/h1,3,6,8,11H,2,4-5,7H2,(H2,10,12,13)/b3-1-. The molecule has 0 radical (unpaired) electrons. The predicted molar refractivity (Wildman–Crippen MR) is 55.1 cm³/mol. The van der Waals surface area contributed by atoms with Crippen LogP contribution in [0.2, 0.25) is 0 Å². The molecule has 6 heteroatoms. The molecule has 1 unspecified atom stereocenters. The van der Waals surface area contributed by atoms with Gasteiger partial charge in [-0.15, -0.1) is 0 Å². The molecule has 0 saturated carbocycles. The molecule has 84 valence electrons. The smallest absolute Gasteiger partial charge is 0.234 e. The van der Waals surface area contributed by atoms with Crippen molar-refractivity contribution in [3.05, 3.63) is 12.3 Å². The van der Waals surface area contributed by atoms with Gasteiger partial charge in [0, 0.05) is 12.8 Å². The number of hydrogen-bond donors (Lipinski definition) is 2. The predicted octanol–water partition coefficient (Wildman–Crippen LogP) is -0.634. The summed E-state index contributed by atoms with van der Waals surface area (Å²) >= 11 is 0. The Morgan fingerprint density at radius 2 is 2.60 bits per heavy atom. The number of nitrogens with zero attached hydrogens (tertiary/aromatic N) is 1. The summed E-state index contributed by atoms with van der Waals surface area (Å²) in [7, 11) is 0. The van der Waals surface area contributed by atoms with E-state index in [-0.39, 0.29) is 11.9 Å². The lowest BCUT2D eigenvalue weighted by atomic mass is 10.3. The van der Waals surface area contributed by atoms with Gasteiger partial charge in [-0.05, 0) is 12.5 Å². The largest absolute Gasteiger partial charge is 0.384 e. The average Bonchev–Trinajstić information content (AvgIpc) is 2.70. The van der Waals surface area contributed by atoms with Crippen LogP contribution in [0.3, 0.4) is 0 Å². The minimum absolute atomic E-state index is 0.154. The van der Waals surface area contributed by atoms with Gasteiger partial charge in [0.1, 0.15) is 12.6 Å². The Hall–Kier alpha value is -1.40. The molecular weight excluding hydrogens is 198 g/mol. The highest BCUT2D eigenvalue weighted by Crippen LogP contribution is 2.06. The summed E-state index contributed by atoms with van der Waals surface area (Å²) in [6.45, 7) is 1.80. The highest BCUT2D eigenvalue weighted by atomic mass is 16.5. The third-order valence-electron chi connectivity index (χ3n) is 1.86. The van der Waals surface area contributed by atoms with Crippen molar-refractivity contribution in [2.45, 2.75) is 12.5 Å². The number of nitrogens with two attached hydrogens (primary N) is 1. The Morgan fingerprint density at radius 3 is 3.27 bits per heavy atom. The number of rotatable bonds is 6. The Morgan fingerprint density at radius 1 is 1.73 bits per heavy atom. The van der Waals surface area contributed by atoms with Crippen LogP contribution in [0, 0.1) is 0 Å². The van der Waals surface area contributed by atoms with E-state index in [0.29, 0.717) is 19.7 Å². The molecule has 1 amide bonds. The third kappa shape index (κ3) is 5.14. The third-order valence-corrected chi connectivity index (χ3v) is 1.86. The summed E-state index contributed by atoms with van der Waals surface area (Å²) in [5.41, 5.74) is 5.32. The van der Waals surface area contributed by atoms with Gasteiger partial charge in [-0.2, -0.15) is 4.99 Å². The number of carbonyl (C=O) groups excluding carboxylic acids is 1. The van der Waals surface area contributed by atoms with Crippen molar-refractivity contribution >= 4 is 12.2 Å². The van der Waals surface area contributed by atoms with Crippen LogP contribution in [0.15, 0.2) is 17.3 Å². The fourth-order valence-corrected chi connectivity index (χ4v) is 1.11. The molecule has 15 heavy (non-hydrogen) atoms. The number of amides is 1. The van der Waals surface area contributed by atoms with Crippen LogP contribution in [0.5, 0.6) is 0 Å². The van der Waals surface area contributed by atoms with E-state index < -0.39 is 0 Å². The molecule has 6 nitrogen and oxygen atoms in total. The van der Waals surface area contributed by atoms with Gasteiger partial charge < -0.3 is 20.5 Å². The first kappa shape index (κ1) is 11.7. The Kier molecular flexibility index (Phi) is 5.42. The van der Waals surface area contributed by atoms with Gasteiger partial charge in [-0.25, -0.2) is 0 Å². The van der Waals surface area contributed by atoms with Crippen molar-refractivity contribution in [2.24, 2.45) is 10.7 Å². The summed E-state index contributed by atoms with van der Waals surface area (Å²) in [5, 5.41) is 2.87. The number of carbonyl (C=O) groups is 1. The van der Waals surface area contributed by atoms with E-state index >= 15 is 0 Å². The van der Waals surface area contributed by atoms with E-state index in [1.165, 1.54) is 6.08 Å². The summed E-state index contributed by atoms with van der Waals surface area (Å²) in [4.78, 5) is 13.2. The molecular formula is C9H15N3O3. The van der Waals surface area contributed by atoms with Gasteiger partial charge in [0.25, 0.3) is 0 Å². The van der Waals surface area contributed by atoms with Crippen molar-refractivity contribution in [1.29, 1.82) is 0 Å². The van der Waals surface area contributed by atoms with Crippen LogP contribution in [0.1, 0.15) is 6.42 Å². The fraction of sp³-hybridized carbons (Fsp3) is 0.556. The lowest BCUT2D eigenvalue weighted by Crippen LogP contribution is -2.20. The van der Waals surface area contributed by atoms with E-state index in [2.05, 4.69) is 10.3 Å². The molecule has 0 spiro atoms. The molecule has 1 aliphatic heterocycles. The Balaban J connectivity index is 2.05. The maximum absolute atomic E-state index is 9.92. The van der Waals surface area contributed by atoms with Gasteiger partial charge in [-0.3, -0.25) is 4.79 Å². The van der Waals surface area contributed by atoms with E-state index in [9.17, 15) is 4.79 Å². The van der Waals surface area contributed by atoms with Crippen LogP contribution in [-0.4, -0.2) is 38.3 Å². The molecule has 3 N–H and O–H groups in total. The first-order valence-corrected chi connectivity index (χ1v) is 4.69. The van der Waals surface area contributed by atoms with E-state index in [1.54, 1.807) is 6.20 Å². The lowest BCUT2D eigenvalue weighted by molar-refractivity contribution is -0.106. The summed E-state index contributed by atoms with van der Waals surface area (Å²) in [5.74, 6) is 0.154. The lowest BCUT2D eigenvalue weighted by Gasteiger charge is -2.08. The zero-order valence-corrected chi connectivity index (χ0v) is 8.39.